The normalized spacial score (nSPS) is 25.4. The number of fused-ring (bicyclic) bond motifs is 1. The zero-order chi connectivity index (χ0) is 20.6. The molecule has 3 rings (SSSR count). The SMILES string of the molecule is CC(C)C(=O)Nc1nc2c(ncn2[C@@H]2O[C@H](CO)[C@@H](F)[C@H]2O[P+](=O)S)c(=O)[nH]1. The maximum Gasteiger partial charge on any atom is 0.582 e. The molecule has 1 saturated heterocycles. The van der Waals surface area contributed by atoms with Gasteiger partial charge in [-0.1, -0.05) is 13.8 Å². The average Bonchev–Trinajstić information content (AvgIpc) is 3.16. The molecule has 11 nitrogen and oxygen atoms in total. The van der Waals surface area contributed by atoms with Crippen molar-refractivity contribution in [3.63, 3.8) is 0 Å². The molecule has 1 aliphatic heterocycles. The van der Waals surface area contributed by atoms with Gasteiger partial charge in [0.2, 0.25) is 11.9 Å². The van der Waals surface area contributed by atoms with E-state index >= 15 is 0 Å². The minimum absolute atomic E-state index is 0.0124. The largest absolute Gasteiger partial charge is 0.582 e. The predicted molar refractivity (Wildman–Crippen MR) is 99.0 cm³/mol. The summed E-state index contributed by atoms with van der Waals surface area (Å²) >= 11 is 3.63. The van der Waals surface area contributed by atoms with Gasteiger partial charge in [-0.25, -0.2) is 9.37 Å². The van der Waals surface area contributed by atoms with Crippen molar-refractivity contribution >= 4 is 42.5 Å². The summed E-state index contributed by atoms with van der Waals surface area (Å²) in [7, 11) is -2.48. The highest BCUT2D eigenvalue weighted by atomic mass is 32.7. The Balaban J connectivity index is 2.04. The molecule has 0 radical (unpaired) electrons. The van der Waals surface area contributed by atoms with Crippen molar-refractivity contribution in [2.24, 2.45) is 5.92 Å². The van der Waals surface area contributed by atoms with Crippen LogP contribution in [0.25, 0.3) is 11.2 Å². The molecule has 0 bridgehead atoms. The summed E-state index contributed by atoms with van der Waals surface area (Å²) < 4.78 is 37.6. The monoisotopic (exact) mass is 434 g/mol. The van der Waals surface area contributed by atoms with Crippen LogP contribution < -0.4 is 10.9 Å². The third-order valence-corrected chi connectivity index (χ3v) is 4.84. The van der Waals surface area contributed by atoms with Crippen LogP contribution in [0.2, 0.25) is 0 Å². The van der Waals surface area contributed by atoms with E-state index in [1.165, 1.54) is 10.9 Å². The van der Waals surface area contributed by atoms with Gasteiger partial charge in [-0.3, -0.25) is 24.5 Å². The van der Waals surface area contributed by atoms with Crippen LogP contribution in [0.5, 0.6) is 0 Å². The lowest BCUT2D eigenvalue weighted by Gasteiger charge is -2.16. The van der Waals surface area contributed by atoms with Gasteiger partial charge in [-0.2, -0.15) is 4.98 Å². The van der Waals surface area contributed by atoms with E-state index in [9.17, 15) is 23.7 Å². The van der Waals surface area contributed by atoms with Crippen LogP contribution in [0.15, 0.2) is 11.1 Å². The van der Waals surface area contributed by atoms with Crippen LogP contribution in [0, 0.1) is 5.92 Å². The molecule has 5 atom stereocenters. The molecule has 1 aliphatic rings. The van der Waals surface area contributed by atoms with Crippen molar-refractivity contribution in [3.8, 4) is 0 Å². The standard InChI is InChI=1S/C14H17FN5O6PS/c1-5(2)11(22)18-14-17-10-8(12(23)19-14)16-4-20(10)13-9(26-27(24)28)7(15)6(3-21)25-13/h4-7,9,13,21H,3H2,1-2H3,(H2-,17,18,19,22,23,24,28)/p+1/t6-,7-,9-,13-/m1/s1. The summed E-state index contributed by atoms with van der Waals surface area (Å²) in [6.45, 7) is 2.69. The number of anilines is 1. The molecule has 2 aromatic rings. The van der Waals surface area contributed by atoms with Gasteiger partial charge >= 0.3 is 7.23 Å². The molecule has 28 heavy (non-hydrogen) atoms. The van der Waals surface area contributed by atoms with Crippen LogP contribution in [-0.2, 0) is 18.6 Å². The molecule has 0 aromatic carbocycles. The quantitative estimate of drug-likeness (QED) is 0.387. The Morgan fingerprint density at radius 3 is 2.93 bits per heavy atom. The highest BCUT2D eigenvalue weighted by molar-refractivity contribution is 8.39. The number of amides is 1. The topological polar surface area (TPSA) is 148 Å². The molecule has 14 heteroatoms. The second-order valence-corrected chi connectivity index (χ2v) is 8.05. The minimum Gasteiger partial charge on any atom is -0.394 e. The Hall–Kier alpha value is -1.92. The Bertz CT molecular complexity index is 967. The first kappa shape index (κ1) is 20.8. The molecule has 0 saturated carbocycles. The predicted octanol–water partition coefficient (Wildman–Crippen LogP) is 0.914. The number of ether oxygens (including phenoxy) is 1. The fraction of sp³-hybridized carbons (Fsp3) is 0.571. The molecule has 2 aromatic heterocycles. The molecular weight excluding hydrogens is 416 g/mol. The van der Waals surface area contributed by atoms with E-state index in [1.54, 1.807) is 13.8 Å². The third kappa shape index (κ3) is 3.94. The molecule has 1 fully saturated rings. The lowest BCUT2D eigenvalue weighted by Crippen LogP contribution is -2.30. The number of aromatic nitrogens is 4. The minimum atomic E-state index is -2.48. The molecule has 3 N–H and O–H groups in total. The van der Waals surface area contributed by atoms with Crippen molar-refractivity contribution in [3.05, 3.63) is 16.7 Å². The van der Waals surface area contributed by atoms with Crippen molar-refractivity contribution in [2.45, 2.75) is 38.5 Å². The van der Waals surface area contributed by atoms with Gasteiger partial charge < -0.3 is 9.84 Å². The summed E-state index contributed by atoms with van der Waals surface area (Å²) in [4.78, 5) is 34.6. The molecule has 0 aliphatic carbocycles. The summed E-state index contributed by atoms with van der Waals surface area (Å²) in [5.74, 6) is -0.849. The van der Waals surface area contributed by atoms with Gasteiger partial charge in [0.15, 0.2) is 29.7 Å². The van der Waals surface area contributed by atoms with Gasteiger partial charge in [0.05, 0.1) is 12.9 Å². The number of H-pyrrole nitrogens is 1. The first-order valence-corrected chi connectivity index (χ1v) is 10.6. The number of rotatable bonds is 6. The Labute approximate surface area is 163 Å². The Morgan fingerprint density at radius 1 is 1.61 bits per heavy atom. The maximum absolute atomic E-state index is 14.5. The number of carbonyl (C=O) groups excluding carboxylic acids is 1. The first-order chi connectivity index (χ1) is 13.2. The molecule has 0 spiro atoms. The fourth-order valence-corrected chi connectivity index (χ4v) is 3.47. The maximum atomic E-state index is 14.5. The number of alkyl halides is 1. The van der Waals surface area contributed by atoms with E-state index < -0.39 is 44.0 Å². The van der Waals surface area contributed by atoms with Gasteiger partial charge in [-0.05, 0) is 4.57 Å². The van der Waals surface area contributed by atoms with Gasteiger partial charge in [0.1, 0.15) is 18.4 Å². The van der Waals surface area contributed by atoms with Crippen LogP contribution in [-0.4, -0.2) is 55.5 Å². The Kier molecular flexibility index (Phi) is 6.10. The van der Waals surface area contributed by atoms with Crippen LogP contribution in [0.3, 0.4) is 0 Å². The van der Waals surface area contributed by atoms with Gasteiger partial charge in [0.25, 0.3) is 5.56 Å². The zero-order valence-corrected chi connectivity index (χ0v) is 16.6. The Morgan fingerprint density at radius 2 is 2.32 bits per heavy atom. The van der Waals surface area contributed by atoms with Crippen molar-refractivity contribution in [1.29, 1.82) is 0 Å². The summed E-state index contributed by atoms with van der Waals surface area (Å²) in [5, 5.41) is 11.8. The highest BCUT2D eigenvalue weighted by Crippen LogP contribution is 2.41. The second kappa shape index (κ2) is 8.21. The number of aromatic amines is 1. The third-order valence-electron chi connectivity index (χ3n) is 4.13. The molecule has 1 unspecified atom stereocenters. The number of aliphatic hydroxyl groups excluding tert-OH is 1. The van der Waals surface area contributed by atoms with E-state index in [-0.39, 0.29) is 28.9 Å². The number of carbonyl (C=O) groups is 1. The van der Waals surface area contributed by atoms with Crippen LogP contribution in [0.1, 0.15) is 20.1 Å². The smallest absolute Gasteiger partial charge is 0.394 e. The second-order valence-electron chi connectivity index (χ2n) is 6.38. The number of hydrogen-bond acceptors (Lipinski definition) is 8. The van der Waals surface area contributed by atoms with E-state index in [0.717, 1.165) is 0 Å². The number of aliphatic hydroxyl groups is 1. The van der Waals surface area contributed by atoms with Gasteiger partial charge in [-0.15, -0.1) is 4.52 Å². The average molecular weight is 434 g/mol. The lowest BCUT2D eigenvalue weighted by atomic mass is 10.1. The number of nitrogens with one attached hydrogen (secondary N) is 2. The number of halogens is 1. The molecular formula is C14H18FN5O6PS+. The van der Waals surface area contributed by atoms with Crippen LogP contribution >= 0.6 is 19.5 Å². The summed E-state index contributed by atoms with van der Waals surface area (Å²) in [6, 6.07) is 0. The van der Waals surface area contributed by atoms with Crippen molar-refractivity contribution < 1.29 is 28.1 Å². The molecule has 152 valence electrons. The summed E-state index contributed by atoms with van der Waals surface area (Å²) in [5.41, 5.74) is -0.723. The molecule has 1 amide bonds. The van der Waals surface area contributed by atoms with E-state index in [1.807, 2.05) is 0 Å². The van der Waals surface area contributed by atoms with E-state index in [0.29, 0.717) is 0 Å². The number of nitrogens with zero attached hydrogens (tertiary/aromatic N) is 3. The van der Waals surface area contributed by atoms with Crippen molar-refractivity contribution in [1.82, 2.24) is 19.5 Å². The lowest BCUT2D eigenvalue weighted by molar-refractivity contribution is -0.118. The highest BCUT2D eigenvalue weighted by Gasteiger charge is 2.51. The first-order valence-electron chi connectivity index (χ1n) is 8.24. The van der Waals surface area contributed by atoms with E-state index in [2.05, 4.69) is 32.5 Å². The number of imidazole rings is 1. The van der Waals surface area contributed by atoms with Crippen molar-refractivity contribution in [2.75, 3.05) is 11.9 Å². The molecule has 3 heterocycles. The zero-order valence-electron chi connectivity index (χ0n) is 14.8. The van der Waals surface area contributed by atoms with Crippen LogP contribution in [0.4, 0.5) is 10.3 Å². The van der Waals surface area contributed by atoms with E-state index in [4.69, 9.17) is 9.26 Å². The number of thiol groups is 1. The summed E-state index contributed by atoms with van der Waals surface area (Å²) in [6.07, 6.45) is -4.46. The van der Waals surface area contributed by atoms with Gasteiger partial charge in [0, 0.05) is 5.92 Å². The number of hydrogen-bond donors (Lipinski definition) is 4. The fourth-order valence-electron chi connectivity index (χ4n) is 2.71.